The van der Waals surface area contributed by atoms with Gasteiger partial charge >= 0.3 is 5.97 Å². The third kappa shape index (κ3) is 4.18. The van der Waals surface area contributed by atoms with E-state index in [1.807, 2.05) is 24.3 Å². The average molecular weight is 400 g/mol. The fourth-order valence-corrected chi connectivity index (χ4v) is 2.85. The van der Waals surface area contributed by atoms with E-state index in [2.05, 4.69) is 5.32 Å². The number of aromatic hydroxyl groups is 1. The normalized spacial score (nSPS) is 11.7. The molecule has 1 amide bonds. The fraction of sp³-hybridized carbons (Fsp3) is 0.143. The second kappa shape index (κ2) is 8.19. The molecule has 0 bridgehead atoms. The zero-order valence-corrected chi connectivity index (χ0v) is 16.0. The summed E-state index contributed by atoms with van der Waals surface area (Å²) in [5.41, 5.74) is 0.343. The van der Waals surface area contributed by atoms with E-state index in [-0.39, 0.29) is 11.3 Å². The summed E-state index contributed by atoms with van der Waals surface area (Å²) in [5, 5.41) is 14.7. The molecule has 0 radical (unpaired) electrons. The van der Waals surface area contributed by atoms with Crippen LogP contribution in [-0.4, -0.2) is 30.2 Å². The number of carbonyl (C=O) groups excluding carboxylic acids is 2. The number of rotatable bonds is 5. The van der Waals surface area contributed by atoms with E-state index in [1.165, 1.54) is 32.2 Å². The topological polar surface area (TPSA) is 84.9 Å². The van der Waals surface area contributed by atoms with Crippen LogP contribution in [0.1, 0.15) is 17.3 Å². The largest absolute Gasteiger partial charge is 0.507 e. The second-order valence-corrected chi connectivity index (χ2v) is 6.53. The summed E-state index contributed by atoms with van der Waals surface area (Å²) in [4.78, 5) is 24.9. The van der Waals surface area contributed by atoms with Gasteiger partial charge in [-0.1, -0.05) is 35.9 Å². The summed E-state index contributed by atoms with van der Waals surface area (Å²) in [7, 11) is 1.46. The highest BCUT2D eigenvalue weighted by atomic mass is 35.5. The third-order valence-electron chi connectivity index (χ3n) is 4.16. The number of anilines is 1. The molecule has 6 nitrogen and oxygen atoms in total. The van der Waals surface area contributed by atoms with Crippen molar-refractivity contribution in [2.24, 2.45) is 0 Å². The molecule has 0 saturated carbocycles. The number of nitrogens with one attached hydrogen (secondary N) is 1. The van der Waals surface area contributed by atoms with E-state index >= 15 is 0 Å². The number of methoxy groups -OCH3 is 1. The van der Waals surface area contributed by atoms with Gasteiger partial charge in [0, 0.05) is 5.02 Å². The van der Waals surface area contributed by atoms with Crippen LogP contribution >= 0.6 is 11.6 Å². The van der Waals surface area contributed by atoms with Gasteiger partial charge in [0.05, 0.1) is 12.8 Å². The van der Waals surface area contributed by atoms with Crippen molar-refractivity contribution in [1.29, 1.82) is 0 Å². The molecular weight excluding hydrogens is 382 g/mol. The molecule has 0 aliphatic rings. The minimum absolute atomic E-state index is 0.0151. The first kappa shape index (κ1) is 19.5. The van der Waals surface area contributed by atoms with Crippen LogP contribution in [0.5, 0.6) is 11.5 Å². The zero-order chi connectivity index (χ0) is 20.3. The second-order valence-electron chi connectivity index (χ2n) is 6.10. The molecule has 0 aromatic heterocycles. The number of ether oxygens (including phenoxy) is 2. The van der Waals surface area contributed by atoms with E-state index in [0.29, 0.717) is 16.5 Å². The molecular formula is C21H18ClNO5. The Morgan fingerprint density at radius 1 is 1.07 bits per heavy atom. The lowest BCUT2D eigenvalue weighted by Gasteiger charge is -2.16. The number of phenolic OH excluding ortho intramolecular Hbond substituents is 1. The van der Waals surface area contributed by atoms with Gasteiger partial charge in [-0.25, -0.2) is 4.79 Å². The van der Waals surface area contributed by atoms with Crippen molar-refractivity contribution in [3.05, 3.63) is 65.2 Å². The predicted octanol–water partition coefficient (Wildman–Crippen LogP) is 4.39. The highest BCUT2D eigenvalue weighted by molar-refractivity contribution is 6.31. The van der Waals surface area contributed by atoms with Gasteiger partial charge in [-0.15, -0.1) is 0 Å². The number of benzene rings is 3. The van der Waals surface area contributed by atoms with E-state index in [4.69, 9.17) is 21.1 Å². The number of hydrogen-bond donors (Lipinski definition) is 2. The smallest absolute Gasteiger partial charge is 0.342 e. The molecule has 3 aromatic carbocycles. The van der Waals surface area contributed by atoms with Gasteiger partial charge in [0.1, 0.15) is 17.1 Å². The summed E-state index contributed by atoms with van der Waals surface area (Å²) >= 11 is 5.95. The van der Waals surface area contributed by atoms with Gasteiger partial charge in [-0.2, -0.15) is 0 Å². The van der Waals surface area contributed by atoms with Crippen molar-refractivity contribution in [2.45, 2.75) is 13.0 Å². The Hall–Kier alpha value is -3.25. The van der Waals surface area contributed by atoms with E-state index in [0.717, 1.165) is 10.8 Å². The van der Waals surface area contributed by atoms with Crippen molar-refractivity contribution in [3.63, 3.8) is 0 Å². The Kier molecular flexibility index (Phi) is 5.70. The number of halogens is 1. The Labute approximate surface area is 166 Å². The third-order valence-corrected chi connectivity index (χ3v) is 4.39. The van der Waals surface area contributed by atoms with Gasteiger partial charge in [0.2, 0.25) is 0 Å². The first-order chi connectivity index (χ1) is 13.4. The first-order valence-electron chi connectivity index (χ1n) is 8.46. The minimum atomic E-state index is -1.11. The van der Waals surface area contributed by atoms with Crippen LogP contribution in [0.4, 0.5) is 5.69 Å². The Morgan fingerprint density at radius 3 is 2.43 bits per heavy atom. The molecule has 0 saturated heterocycles. The summed E-state index contributed by atoms with van der Waals surface area (Å²) in [6.07, 6.45) is -1.11. The van der Waals surface area contributed by atoms with Gasteiger partial charge in [-0.3, -0.25) is 4.79 Å². The summed E-state index contributed by atoms with van der Waals surface area (Å²) in [6.45, 7) is 1.43. The molecule has 0 fully saturated rings. The molecule has 0 aliphatic heterocycles. The number of carbonyl (C=O) groups is 2. The highest BCUT2D eigenvalue weighted by Crippen LogP contribution is 2.28. The summed E-state index contributed by atoms with van der Waals surface area (Å²) in [5.74, 6) is -1.16. The van der Waals surface area contributed by atoms with Crippen LogP contribution in [0.25, 0.3) is 10.8 Å². The van der Waals surface area contributed by atoms with E-state index in [1.54, 1.807) is 12.1 Å². The average Bonchev–Trinajstić information content (AvgIpc) is 2.67. The van der Waals surface area contributed by atoms with Crippen molar-refractivity contribution >= 4 is 39.9 Å². The lowest BCUT2D eigenvalue weighted by atomic mass is 10.1. The number of hydrogen-bond acceptors (Lipinski definition) is 5. The fourth-order valence-electron chi connectivity index (χ4n) is 2.68. The van der Waals surface area contributed by atoms with E-state index < -0.39 is 18.0 Å². The van der Waals surface area contributed by atoms with E-state index in [9.17, 15) is 14.7 Å². The maximum absolute atomic E-state index is 12.4. The number of amides is 1. The van der Waals surface area contributed by atoms with Crippen LogP contribution in [-0.2, 0) is 9.53 Å². The summed E-state index contributed by atoms with van der Waals surface area (Å²) < 4.78 is 10.4. The lowest BCUT2D eigenvalue weighted by Crippen LogP contribution is -2.30. The van der Waals surface area contributed by atoms with Crippen molar-refractivity contribution in [1.82, 2.24) is 0 Å². The molecule has 0 heterocycles. The number of esters is 1. The molecule has 0 spiro atoms. The van der Waals surface area contributed by atoms with Crippen LogP contribution in [0.3, 0.4) is 0 Å². The van der Waals surface area contributed by atoms with Crippen LogP contribution < -0.4 is 10.1 Å². The molecule has 0 aliphatic carbocycles. The standard InChI is InChI=1S/C21H18ClNO5/c1-12(20(25)23-17-11-15(22)7-8-19(17)27-2)28-21(26)16-9-13-5-3-4-6-14(13)10-18(16)24/h3-12,24H,1-2H3,(H,23,25)/t12-/m1/s1. The first-order valence-corrected chi connectivity index (χ1v) is 8.84. The van der Waals surface area contributed by atoms with Crippen molar-refractivity contribution in [3.8, 4) is 11.5 Å². The molecule has 144 valence electrons. The van der Waals surface area contributed by atoms with Crippen molar-refractivity contribution in [2.75, 3.05) is 12.4 Å². The van der Waals surface area contributed by atoms with Gasteiger partial charge in [0.15, 0.2) is 6.10 Å². The predicted molar refractivity (Wildman–Crippen MR) is 107 cm³/mol. The maximum atomic E-state index is 12.4. The molecule has 3 rings (SSSR count). The van der Waals surface area contributed by atoms with Crippen LogP contribution in [0.15, 0.2) is 54.6 Å². The Balaban J connectivity index is 1.74. The molecule has 7 heteroatoms. The monoisotopic (exact) mass is 399 g/mol. The molecule has 1 atom stereocenters. The summed E-state index contributed by atoms with van der Waals surface area (Å²) in [6, 6.07) is 15.1. The highest BCUT2D eigenvalue weighted by Gasteiger charge is 2.22. The van der Waals surface area contributed by atoms with Gasteiger partial charge in [-0.05, 0) is 48.0 Å². The number of phenols is 1. The van der Waals surface area contributed by atoms with Gasteiger partial charge < -0.3 is 19.9 Å². The number of fused-ring (bicyclic) bond motifs is 1. The minimum Gasteiger partial charge on any atom is -0.507 e. The van der Waals surface area contributed by atoms with Crippen LogP contribution in [0, 0.1) is 0 Å². The van der Waals surface area contributed by atoms with Crippen molar-refractivity contribution < 1.29 is 24.2 Å². The maximum Gasteiger partial charge on any atom is 0.342 e. The Bertz CT molecular complexity index is 1050. The lowest BCUT2D eigenvalue weighted by molar-refractivity contribution is -0.123. The zero-order valence-electron chi connectivity index (χ0n) is 15.2. The SMILES string of the molecule is COc1ccc(Cl)cc1NC(=O)[C@@H](C)OC(=O)c1cc2ccccc2cc1O. The van der Waals surface area contributed by atoms with Crippen LogP contribution in [0.2, 0.25) is 5.02 Å². The molecule has 0 unspecified atom stereocenters. The Morgan fingerprint density at radius 2 is 1.75 bits per heavy atom. The molecule has 2 N–H and O–H groups in total. The molecule has 28 heavy (non-hydrogen) atoms. The quantitative estimate of drug-likeness (QED) is 0.621. The van der Waals surface area contributed by atoms with Gasteiger partial charge in [0.25, 0.3) is 5.91 Å². The molecule has 3 aromatic rings.